The second-order valence-electron chi connectivity index (χ2n) is 6.29. The molecule has 0 aromatic heterocycles. The summed E-state index contributed by atoms with van der Waals surface area (Å²) >= 11 is 35.3. The minimum absolute atomic E-state index is 0.381. The van der Waals surface area contributed by atoms with Gasteiger partial charge >= 0.3 is 5.97 Å². The Morgan fingerprint density at radius 2 is 1.07 bits per heavy atom. The van der Waals surface area contributed by atoms with E-state index < -0.39 is 38.2 Å². The Bertz CT molecular complexity index is 714. The number of carboxylic acid groups (broad SMARTS) is 1. The normalized spacial score (nSPS) is 29.5. The minimum atomic E-state index is -0.869. The van der Waals surface area contributed by atoms with Crippen molar-refractivity contribution in [1.82, 2.24) is 0 Å². The van der Waals surface area contributed by atoms with Gasteiger partial charge in [-0.2, -0.15) is 0 Å². The quantitative estimate of drug-likeness (QED) is 0.479. The summed E-state index contributed by atoms with van der Waals surface area (Å²) in [7, 11) is 0. The molecule has 0 aliphatic heterocycles. The van der Waals surface area contributed by atoms with Gasteiger partial charge in [-0.25, -0.2) is 4.79 Å². The fourth-order valence-corrected chi connectivity index (χ4v) is 5.08. The van der Waals surface area contributed by atoms with Crippen LogP contribution in [0.25, 0.3) is 0 Å². The molecule has 0 amide bonds. The molecule has 1 N–H and O–H groups in total. The smallest absolute Gasteiger partial charge is 0.335 e. The lowest BCUT2D eigenvalue weighted by molar-refractivity contribution is 0.0696. The van der Waals surface area contributed by atoms with Crippen molar-refractivity contribution in [3.05, 3.63) is 71.3 Å². The first-order chi connectivity index (χ1) is 13.2. The number of carboxylic acids is 1. The molecule has 0 heterocycles. The van der Waals surface area contributed by atoms with Crippen LogP contribution in [0.5, 0.6) is 0 Å². The van der Waals surface area contributed by atoms with E-state index in [1.165, 1.54) is 0 Å². The van der Waals surface area contributed by atoms with Crippen molar-refractivity contribution < 1.29 is 9.90 Å². The zero-order valence-electron chi connectivity index (χ0n) is 14.5. The first kappa shape index (κ1) is 23.9. The molecule has 2 aromatic carbocycles. The third kappa shape index (κ3) is 6.08. The first-order valence-corrected chi connectivity index (χ1v) is 11.1. The van der Waals surface area contributed by atoms with Crippen LogP contribution < -0.4 is 0 Å². The van der Waals surface area contributed by atoms with Gasteiger partial charge in [-0.1, -0.05) is 48.5 Å². The molecular weight excluding hydrogens is 485 g/mol. The minimum Gasteiger partial charge on any atom is -0.478 e. The van der Waals surface area contributed by atoms with Gasteiger partial charge < -0.3 is 5.11 Å². The molecule has 0 atom stereocenters. The van der Waals surface area contributed by atoms with Crippen molar-refractivity contribution in [2.75, 3.05) is 0 Å². The lowest BCUT2D eigenvalue weighted by atomic mass is 9.97. The van der Waals surface area contributed by atoms with Crippen molar-refractivity contribution in [3.63, 3.8) is 0 Å². The molecule has 28 heavy (non-hydrogen) atoms. The van der Waals surface area contributed by atoms with Gasteiger partial charge in [-0.15, -0.1) is 69.6 Å². The van der Waals surface area contributed by atoms with E-state index in [1.807, 2.05) is 42.5 Å². The fourth-order valence-electron chi connectivity index (χ4n) is 2.75. The van der Waals surface area contributed by atoms with E-state index in [-0.39, 0.29) is 0 Å². The molecule has 0 spiro atoms. The number of alkyl halides is 6. The number of aromatic carboxylic acids is 1. The number of hydrogen-bond acceptors (Lipinski definition) is 1. The summed E-state index contributed by atoms with van der Waals surface area (Å²) in [6, 6.07) is 17.0. The molecule has 0 unspecified atom stereocenters. The van der Waals surface area contributed by atoms with E-state index in [0.29, 0.717) is 12.0 Å². The second kappa shape index (κ2) is 11.2. The van der Waals surface area contributed by atoms with Crippen LogP contribution in [0.2, 0.25) is 0 Å². The second-order valence-corrected chi connectivity index (χ2v) is 9.31. The highest BCUT2D eigenvalue weighted by molar-refractivity contribution is 6.45. The molecule has 2 nitrogen and oxygen atoms in total. The molecule has 3 rings (SSSR count). The summed E-state index contributed by atoms with van der Waals surface area (Å²) in [5.41, 5.74) is 2.35. The molecule has 8 heteroatoms. The van der Waals surface area contributed by atoms with Gasteiger partial charge in [0.25, 0.3) is 0 Å². The summed E-state index contributed by atoms with van der Waals surface area (Å²) in [6.45, 7) is 0. The molecule has 1 aliphatic rings. The average molecular weight is 503 g/mol. The van der Waals surface area contributed by atoms with Gasteiger partial charge in [0.2, 0.25) is 0 Å². The van der Waals surface area contributed by atoms with Crippen LogP contribution in [0.15, 0.2) is 54.6 Å². The van der Waals surface area contributed by atoms with Gasteiger partial charge in [0, 0.05) is 0 Å². The summed E-state index contributed by atoms with van der Waals surface area (Å²) in [5, 5.41) is 6.42. The van der Waals surface area contributed by atoms with Crippen molar-refractivity contribution in [2.45, 2.75) is 38.7 Å². The monoisotopic (exact) mass is 500 g/mol. The maximum Gasteiger partial charge on any atom is 0.335 e. The molecule has 1 aliphatic carbocycles. The van der Waals surface area contributed by atoms with E-state index in [0.717, 1.165) is 11.1 Å². The SMILES string of the molecule is Cl[C@H]1[C@H](Cl)[C@@H](Cl)[C@@H](Cl)[C@H](Cl)[C@H]1Cl.O=C(O)c1ccccc1Cc1ccccc1. The molecular formula is C20H18Cl6O2. The maximum atomic E-state index is 11.0. The summed E-state index contributed by atoms with van der Waals surface area (Å²) in [6.07, 6.45) is 0.656. The summed E-state index contributed by atoms with van der Waals surface area (Å²) in [5.74, 6) is -0.869. The molecule has 1 fully saturated rings. The number of rotatable bonds is 3. The zero-order valence-corrected chi connectivity index (χ0v) is 19.0. The maximum absolute atomic E-state index is 11.0. The number of benzene rings is 2. The van der Waals surface area contributed by atoms with Crippen LogP contribution in [0.4, 0.5) is 0 Å². The van der Waals surface area contributed by atoms with E-state index >= 15 is 0 Å². The van der Waals surface area contributed by atoms with Crippen LogP contribution >= 0.6 is 69.6 Å². The lowest BCUT2D eigenvalue weighted by Gasteiger charge is -2.37. The Labute approximate surface area is 194 Å². The van der Waals surface area contributed by atoms with Gasteiger partial charge in [0.15, 0.2) is 0 Å². The topological polar surface area (TPSA) is 37.3 Å². The molecule has 0 bridgehead atoms. The number of hydrogen-bond donors (Lipinski definition) is 1. The molecule has 0 saturated heterocycles. The fraction of sp³-hybridized carbons (Fsp3) is 0.350. The largest absolute Gasteiger partial charge is 0.478 e. The van der Waals surface area contributed by atoms with Crippen LogP contribution in [0.3, 0.4) is 0 Å². The van der Waals surface area contributed by atoms with Crippen LogP contribution in [-0.4, -0.2) is 43.3 Å². The lowest BCUT2D eigenvalue weighted by Crippen LogP contribution is -2.52. The summed E-state index contributed by atoms with van der Waals surface area (Å²) in [4.78, 5) is 11.0. The third-order valence-electron chi connectivity index (χ3n) is 4.31. The predicted octanol–water partition coefficient (Wildman–Crippen LogP) is 6.62. The Kier molecular flexibility index (Phi) is 9.53. The van der Waals surface area contributed by atoms with Crippen molar-refractivity contribution in [3.8, 4) is 0 Å². The first-order valence-electron chi connectivity index (χ1n) is 8.43. The predicted molar refractivity (Wildman–Crippen MR) is 120 cm³/mol. The highest BCUT2D eigenvalue weighted by atomic mass is 35.5. The molecule has 0 radical (unpaired) electrons. The molecule has 1 saturated carbocycles. The van der Waals surface area contributed by atoms with Gasteiger partial charge in [-0.3, -0.25) is 0 Å². The van der Waals surface area contributed by atoms with Crippen LogP contribution in [0, 0.1) is 0 Å². The Morgan fingerprint density at radius 3 is 1.50 bits per heavy atom. The Hall–Kier alpha value is -0.350. The third-order valence-corrected chi connectivity index (χ3v) is 8.34. The molecule has 152 valence electrons. The van der Waals surface area contributed by atoms with E-state index in [2.05, 4.69) is 0 Å². The Morgan fingerprint density at radius 1 is 0.679 bits per heavy atom. The molecule has 2 aromatic rings. The highest BCUT2D eigenvalue weighted by Gasteiger charge is 2.46. The van der Waals surface area contributed by atoms with Crippen molar-refractivity contribution in [2.24, 2.45) is 0 Å². The van der Waals surface area contributed by atoms with E-state index in [9.17, 15) is 4.79 Å². The van der Waals surface area contributed by atoms with Gasteiger partial charge in [0.1, 0.15) is 0 Å². The highest BCUT2D eigenvalue weighted by Crippen LogP contribution is 2.39. The van der Waals surface area contributed by atoms with Gasteiger partial charge in [0.05, 0.1) is 37.8 Å². The van der Waals surface area contributed by atoms with E-state index in [4.69, 9.17) is 74.7 Å². The van der Waals surface area contributed by atoms with Gasteiger partial charge in [-0.05, 0) is 23.6 Å². The zero-order chi connectivity index (χ0) is 20.8. The van der Waals surface area contributed by atoms with Crippen molar-refractivity contribution in [1.29, 1.82) is 0 Å². The van der Waals surface area contributed by atoms with E-state index in [1.54, 1.807) is 12.1 Å². The van der Waals surface area contributed by atoms with Crippen LogP contribution in [0.1, 0.15) is 21.5 Å². The summed E-state index contributed by atoms with van der Waals surface area (Å²) < 4.78 is 0. The Balaban J connectivity index is 0.000000209. The van der Waals surface area contributed by atoms with Crippen LogP contribution in [-0.2, 0) is 6.42 Å². The van der Waals surface area contributed by atoms with Crippen molar-refractivity contribution >= 4 is 75.6 Å². The average Bonchev–Trinajstić information content (AvgIpc) is 2.71. The standard InChI is InChI=1S/C14H12O2.C6H6Cl6/c15-14(16)13-9-5-4-8-12(13)10-11-6-2-1-3-7-11;7-1-2(8)4(10)6(12)5(11)3(1)9/h1-9H,10H2,(H,15,16);1-6H/t;1-,2-,3-,4+,5+,6+. The number of halogens is 6. The number of carbonyl (C=O) groups is 1.